The topological polar surface area (TPSA) is 51.2 Å². The Kier molecular flexibility index (Phi) is 5.43. The lowest BCUT2D eigenvalue weighted by atomic mass is 10.1. The quantitative estimate of drug-likeness (QED) is 0.894. The molecule has 0 saturated heterocycles. The van der Waals surface area contributed by atoms with E-state index in [9.17, 15) is 18.0 Å². The van der Waals surface area contributed by atoms with Crippen LogP contribution in [-0.4, -0.2) is 17.3 Å². The molecule has 1 N–H and O–H groups in total. The zero-order valence-electron chi connectivity index (χ0n) is 13.2. The Labute approximate surface area is 137 Å². The maximum atomic E-state index is 13.2. The number of carbonyl (C=O) groups excluding carboxylic acids is 1. The highest BCUT2D eigenvalue weighted by atomic mass is 19.4. The van der Waals surface area contributed by atoms with Crippen LogP contribution in [-0.2, 0) is 4.74 Å². The van der Waals surface area contributed by atoms with Crippen LogP contribution in [0, 0.1) is 6.92 Å². The van der Waals surface area contributed by atoms with Crippen molar-refractivity contribution < 1.29 is 22.7 Å². The second kappa shape index (κ2) is 7.33. The van der Waals surface area contributed by atoms with Gasteiger partial charge in [-0.2, -0.15) is 13.2 Å². The summed E-state index contributed by atoms with van der Waals surface area (Å²) < 4.78 is 44.2. The van der Waals surface area contributed by atoms with Crippen molar-refractivity contribution >= 4 is 6.09 Å². The van der Waals surface area contributed by atoms with E-state index in [0.717, 1.165) is 11.8 Å². The first-order valence-electron chi connectivity index (χ1n) is 7.28. The first-order valence-corrected chi connectivity index (χ1v) is 7.28. The fourth-order valence-corrected chi connectivity index (χ4v) is 2.10. The first-order chi connectivity index (χ1) is 11.3. The van der Waals surface area contributed by atoms with Crippen LogP contribution >= 0.6 is 0 Å². The molecular weight excluding hydrogens is 321 g/mol. The maximum Gasteiger partial charge on any atom is 0.429 e. The average Bonchev–Trinajstić information content (AvgIpc) is 2.53. The van der Waals surface area contributed by atoms with Gasteiger partial charge in [-0.3, -0.25) is 4.98 Å². The molecule has 2 unspecified atom stereocenters. The number of amides is 1. The van der Waals surface area contributed by atoms with Crippen molar-refractivity contribution in [1.29, 1.82) is 0 Å². The van der Waals surface area contributed by atoms with Gasteiger partial charge in [0.2, 0.25) is 6.10 Å². The number of alkyl carbamates (subject to hydrolysis) is 1. The first kappa shape index (κ1) is 17.8. The normalized spacial score (nSPS) is 13.9. The van der Waals surface area contributed by atoms with Crippen LogP contribution in [0.3, 0.4) is 0 Å². The molecule has 0 saturated carbocycles. The van der Waals surface area contributed by atoms with Crippen molar-refractivity contribution in [2.45, 2.75) is 32.2 Å². The number of carbonyl (C=O) groups is 1. The number of nitrogens with zero attached hydrogens (tertiary/aromatic N) is 1. The largest absolute Gasteiger partial charge is 0.432 e. The molecule has 2 atom stereocenters. The summed E-state index contributed by atoms with van der Waals surface area (Å²) >= 11 is 0. The number of hydrogen-bond donors (Lipinski definition) is 1. The second-order valence-corrected chi connectivity index (χ2v) is 5.34. The Morgan fingerprint density at radius 2 is 1.79 bits per heavy atom. The number of rotatable bonds is 4. The fraction of sp³-hybridized carbons (Fsp3) is 0.294. The Morgan fingerprint density at radius 3 is 2.33 bits per heavy atom. The van der Waals surface area contributed by atoms with Gasteiger partial charge < -0.3 is 10.1 Å². The van der Waals surface area contributed by atoms with E-state index in [-0.39, 0.29) is 5.56 Å². The van der Waals surface area contributed by atoms with Crippen molar-refractivity contribution in [3.05, 3.63) is 65.5 Å². The summed E-state index contributed by atoms with van der Waals surface area (Å²) in [6, 6.07) is 11.1. The SMILES string of the molecule is Cc1ccc(C(OC(=O)NC(C)c2ccccc2)C(F)(F)F)cn1. The summed E-state index contributed by atoms with van der Waals surface area (Å²) in [5.74, 6) is 0. The highest BCUT2D eigenvalue weighted by Gasteiger charge is 2.44. The summed E-state index contributed by atoms with van der Waals surface area (Å²) in [5.41, 5.74) is 1.10. The molecule has 7 heteroatoms. The van der Waals surface area contributed by atoms with Gasteiger partial charge in [0.15, 0.2) is 0 Å². The zero-order chi connectivity index (χ0) is 17.7. The van der Waals surface area contributed by atoms with Gasteiger partial charge in [0.05, 0.1) is 6.04 Å². The predicted molar refractivity (Wildman–Crippen MR) is 82.2 cm³/mol. The number of nitrogens with one attached hydrogen (secondary N) is 1. The van der Waals surface area contributed by atoms with Crippen LogP contribution in [0.25, 0.3) is 0 Å². The smallest absolute Gasteiger partial charge is 0.429 e. The van der Waals surface area contributed by atoms with Gasteiger partial charge >= 0.3 is 12.3 Å². The van der Waals surface area contributed by atoms with E-state index in [0.29, 0.717) is 5.69 Å². The number of alkyl halides is 3. The number of benzene rings is 1. The molecule has 0 aliphatic heterocycles. The highest BCUT2D eigenvalue weighted by molar-refractivity contribution is 5.68. The molecule has 2 aromatic rings. The van der Waals surface area contributed by atoms with Crippen LogP contribution in [0.15, 0.2) is 48.7 Å². The summed E-state index contributed by atoms with van der Waals surface area (Å²) in [6.45, 7) is 3.31. The molecule has 1 aromatic carbocycles. The minimum Gasteiger partial charge on any atom is -0.432 e. The van der Waals surface area contributed by atoms with Crippen LogP contribution in [0.5, 0.6) is 0 Å². The number of pyridine rings is 1. The molecule has 24 heavy (non-hydrogen) atoms. The van der Waals surface area contributed by atoms with E-state index in [1.807, 2.05) is 0 Å². The van der Waals surface area contributed by atoms with Gasteiger partial charge in [0.1, 0.15) is 0 Å². The van der Waals surface area contributed by atoms with Crippen LogP contribution in [0.1, 0.15) is 35.9 Å². The summed E-state index contributed by atoms with van der Waals surface area (Å²) in [6.07, 6.45) is -7.19. The highest BCUT2D eigenvalue weighted by Crippen LogP contribution is 2.35. The van der Waals surface area contributed by atoms with Crippen molar-refractivity contribution in [1.82, 2.24) is 10.3 Å². The minimum absolute atomic E-state index is 0.226. The van der Waals surface area contributed by atoms with E-state index in [1.54, 1.807) is 44.2 Å². The average molecular weight is 338 g/mol. The number of halogens is 3. The molecule has 0 bridgehead atoms. The minimum atomic E-state index is -4.73. The molecule has 2 rings (SSSR count). The molecule has 0 fully saturated rings. The standard InChI is InChI=1S/C17H17F3N2O2/c1-11-8-9-14(10-21-11)15(17(18,19)20)24-16(23)22-12(2)13-6-4-3-5-7-13/h3-10,12,15H,1-2H3,(H,22,23). The number of aromatic nitrogens is 1. The third-order valence-corrected chi connectivity index (χ3v) is 3.39. The molecule has 128 valence electrons. The number of hydrogen-bond acceptors (Lipinski definition) is 3. The van der Waals surface area contributed by atoms with Crippen molar-refractivity contribution in [2.75, 3.05) is 0 Å². The second-order valence-electron chi connectivity index (χ2n) is 5.34. The third kappa shape index (κ3) is 4.71. The van der Waals surface area contributed by atoms with Gasteiger partial charge in [-0.15, -0.1) is 0 Å². The molecule has 0 aliphatic rings. The van der Waals surface area contributed by atoms with Crippen molar-refractivity contribution in [3.63, 3.8) is 0 Å². The predicted octanol–water partition coefficient (Wildman–Crippen LogP) is 4.48. The Morgan fingerprint density at radius 1 is 1.12 bits per heavy atom. The van der Waals surface area contributed by atoms with Gasteiger partial charge in [-0.1, -0.05) is 36.4 Å². The lowest BCUT2D eigenvalue weighted by Crippen LogP contribution is -2.33. The molecule has 0 aliphatic carbocycles. The zero-order valence-corrected chi connectivity index (χ0v) is 13.2. The molecule has 4 nitrogen and oxygen atoms in total. The third-order valence-electron chi connectivity index (χ3n) is 3.39. The Bertz CT molecular complexity index is 672. The lowest BCUT2D eigenvalue weighted by molar-refractivity contribution is -0.206. The van der Waals surface area contributed by atoms with Gasteiger partial charge in [-0.25, -0.2) is 4.79 Å². The summed E-state index contributed by atoms with van der Waals surface area (Å²) in [7, 11) is 0. The molecule has 1 amide bonds. The molecule has 0 radical (unpaired) electrons. The number of aryl methyl sites for hydroxylation is 1. The molecular formula is C17H17F3N2O2. The van der Waals surface area contributed by atoms with E-state index >= 15 is 0 Å². The van der Waals surface area contributed by atoms with Crippen molar-refractivity contribution in [3.8, 4) is 0 Å². The van der Waals surface area contributed by atoms with E-state index in [4.69, 9.17) is 0 Å². The van der Waals surface area contributed by atoms with Gasteiger partial charge in [-0.05, 0) is 25.5 Å². The molecule has 0 spiro atoms. The van der Waals surface area contributed by atoms with Gasteiger partial charge in [0.25, 0.3) is 0 Å². The van der Waals surface area contributed by atoms with E-state index < -0.39 is 24.4 Å². The summed E-state index contributed by atoms with van der Waals surface area (Å²) in [5, 5.41) is 2.40. The monoisotopic (exact) mass is 338 g/mol. The van der Waals surface area contributed by atoms with E-state index in [2.05, 4.69) is 15.0 Å². The number of ether oxygens (including phenoxy) is 1. The molecule has 1 aromatic heterocycles. The van der Waals surface area contributed by atoms with Crippen LogP contribution in [0.4, 0.5) is 18.0 Å². The van der Waals surface area contributed by atoms with E-state index in [1.165, 1.54) is 12.1 Å². The summed E-state index contributed by atoms with van der Waals surface area (Å²) in [4.78, 5) is 15.7. The van der Waals surface area contributed by atoms with Crippen molar-refractivity contribution in [2.24, 2.45) is 0 Å². The van der Waals surface area contributed by atoms with Gasteiger partial charge in [0, 0.05) is 17.5 Å². The lowest BCUT2D eigenvalue weighted by Gasteiger charge is -2.22. The Hall–Kier alpha value is -2.57. The maximum absolute atomic E-state index is 13.2. The van der Waals surface area contributed by atoms with Crippen LogP contribution in [0.2, 0.25) is 0 Å². The Balaban J connectivity index is 2.09. The molecule has 1 heterocycles. The fourth-order valence-electron chi connectivity index (χ4n) is 2.10. The van der Waals surface area contributed by atoms with Crippen LogP contribution < -0.4 is 5.32 Å².